The lowest BCUT2D eigenvalue weighted by Crippen LogP contribution is -2.45. The number of carbonyl (C=O) groups excluding carboxylic acids is 1. The smallest absolute Gasteiger partial charge is 0.222 e. The van der Waals surface area contributed by atoms with Crippen molar-refractivity contribution in [2.45, 2.75) is 238 Å². The maximum absolute atomic E-state index is 12.4. The highest BCUT2D eigenvalue weighted by Gasteiger charge is 2.20. The summed E-state index contributed by atoms with van der Waals surface area (Å²) >= 11 is 0. The molecule has 0 rings (SSSR count). The molecule has 0 aromatic rings. The van der Waals surface area contributed by atoms with E-state index < -0.39 is 18.2 Å². The molecule has 0 saturated heterocycles. The van der Waals surface area contributed by atoms with Gasteiger partial charge in [0, 0.05) is 0 Å². The molecule has 1 amide bonds. The van der Waals surface area contributed by atoms with E-state index in [4.69, 9.17) is 0 Å². The Labute approximate surface area is 323 Å². The number of aliphatic hydroxyl groups is 3. The summed E-state index contributed by atoms with van der Waals surface area (Å²) in [6.45, 7) is 4.19. The number of allylic oxidation sites excluding steroid dienone is 7. The Kier molecular flexibility index (Phi) is 40.7. The quantitative estimate of drug-likeness (QED) is 0.0373. The molecule has 4 N–H and O–H groups in total. The van der Waals surface area contributed by atoms with Crippen molar-refractivity contribution >= 4 is 5.91 Å². The Morgan fingerprint density at radius 2 is 0.827 bits per heavy atom. The van der Waals surface area contributed by atoms with E-state index in [-0.39, 0.29) is 18.9 Å². The van der Waals surface area contributed by atoms with Crippen LogP contribution in [0.25, 0.3) is 0 Å². The monoisotopic (exact) mass is 730 g/mol. The number of amides is 1. The highest BCUT2D eigenvalue weighted by atomic mass is 16.3. The second-order valence-electron chi connectivity index (χ2n) is 15.3. The van der Waals surface area contributed by atoms with E-state index in [0.29, 0.717) is 6.42 Å². The number of hydrogen-bond acceptors (Lipinski definition) is 4. The van der Waals surface area contributed by atoms with Crippen LogP contribution in [0.3, 0.4) is 0 Å². The molecule has 0 aromatic carbocycles. The first-order valence-electron chi connectivity index (χ1n) is 22.4. The van der Waals surface area contributed by atoms with Gasteiger partial charge in [0.05, 0.1) is 31.3 Å². The van der Waals surface area contributed by atoms with Gasteiger partial charge in [0.1, 0.15) is 0 Å². The summed E-state index contributed by atoms with van der Waals surface area (Å²) in [7, 11) is 0. The molecular weight excluding hydrogens is 643 g/mol. The SMILES string of the molecule is CCCCCCCCCCC/C=C\CCCCCCCC(O)CC(=O)NC(CO)C(O)/C=C/CC/C=C/CC/C=C/CCCCCCCCCCC. The highest BCUT2D eigenvalue weighted by Crippen LogP contribution is 2.14. The Morgan fingerprint density at radius 3 is 1.23 bits per heavy atom. The normalized spacial score (nSPS) is 14.0. The van der Waals surface area contributed by atoms with E-state index in [1.54, 1.807) is 6.08 Å². The zero-order valence-corrected chi connectivity index (χ0v) is 34.4. The lowest BCUT2D eigenvalue weighted by molar-refractivity contribution is -0.124. The van der Waals surface area contributed by atoms with Gasteiger partial charge in [-0.25, -0.2) is 0 Å². The van der Waals surface area contributed by atoms with E-state index in [1.165, 1.54) is 141 Å². The largest absolute Gasteiger partial charge is 0.394 e. The lowest BCUT2D eigenvalue weighted by Gasteiger charge is -2.20. The zero-order chi connectivity index (χ0) is 38.0. The number of aliphatic hydroxyl groups excluding tert-OH is 3. The van der Waals surface area contributed by atoms with Crippen molar-refractivity contribution in [2.75, 3.05) is 6.61 Å². The van der Waals surface area contributed by atoms with Gasteiger partial charge in [-0.15, -0.1) is 0 Å². The van der Waals surface area contributed by atoms with Gasteiger partial charge in [0.15, 0.2) is 0 Å². The zero-order valence-electron chi connectivity index (χ0n) is 34.4. The average molecular weight is 730 g/mol. The molecule has 0 bridgehead atoms. The van der Waals surface area contributed by atoms with Crippen molar-refractivity contribution in [1.29, 1.82) is 0 Å². The molecule has 304 valence electrons. The molecule has 5 heteroatoms. The standard InChI is InChI=1S/C47H87NO4/c1-3-5-7-9-11-13-15-17-19-21-23-25-27-29-31-33-35-37-39-41-46(51)45(43-49)48-47(52)42-44(50)40-38-36-34-32-30-28-26-24-22-20-18-16-14-12-10-8-6-4-2/h23-26,31,33,39,41,44-46,49-51H,3-22,27-30,32,34-38,40,42-43H2,1-2H3,(H,48,52)/b25-23+,26-24-,33-31+,41-39+. The first-order valence-corrected chi connectivity index (χ1v) is 22.4. The van der Waals surface area contributed by atoms with Crippen molar-refractivity contribution in [2.24, 2.45) is 0 Å². The van der Waals surface area contributed by atoms with Crippen molar-refractivity contribution in [1.82, 2.24) is 5.32 Å². The maximum atomic E-state index is 12.4. The van der Waals surface area contributed by atoms with E-state index in [2.05, 4.69) is 55.6 Å². The fourth-order valence-corrected chi connectivity index (χ4v) is 6.60. The second-order valence-corrected chi connectivity index (χ2v) is 15.3. The Balaban J connectivity index is 3.76. The predicted molar refractivity (Wildman–Crippen MR) is 227 cm³/mol. The van der Waals surface area contributed by atoms with Crippen LogP contribution >= 0.6 is 0 Å². The fraction of sp³-hybridized carbons (Fsp3) is 0.809. The number of carbonyl (C=O) groups is 1. The van der Waals surface area contributed by atoms with Gasteiger partial charge in [-0.2, -0.15) is 0 Å². The third-order valence-corrected chi connectivity index (χ3v) is 10.1. The number of hydrogen-bond donors (Lipinski definition) is 4. The minimum Gasteiger partial charge on any atom is -0.394 e. The van der Waals surface area contributed by atoms with Gasteiger partial charge in [-0.05, 0) is 70.6 Å². The van der Waals surface area contributed by atoms with Crippen LogP contribution in [0.15, 0.2) is 48.6 Å². The van der Waals surface area contributed by atoms with Crippen molar-refractivity contribution in [3.63, 3.8) is 0 Å². The molecule has 0 aliphatic heterocycles. The van der Waals surface area contributed by atoms with Gasteiger partial charge in [0.2, 0.25) is 5.91 Å². The van der Waals surface area contributed by atoms with Crippen LogP contribution in [0.2, 0.25) is 0 Å². The molecule has 0 aliphatic rings. The second kappa shape index (κ2) is 42.1. The van der Waals surface area contributed by atoms with Gasteiger partial charge in [0.25, 0.3) is 0 Å². The predicted octanol–water partition coefficient (Wildman–Crippen LogP) is 12.9. The Morgan fingerprint density at radius 1 is 0.481 bits per heavy atom. The molecule has 0 saturated carbocycles. The molecule has 0 spiro atoms. The summed E-state index contributed by atoms with van der Waals surface area (Å²) in [4.78, 5) is 12.4. The lowest BCUT2D eigenvalue weighted by atomic mass is 10.0. The molecule has 0 radical (unpaired) electrons. The first-order chi connectivity index (χ1) is 25.5. The van der Waals surface area contributed by atoms with Crippen LogP contribution in [-0.2, 0) is 4.79 Å². The molecular formula is C47H87NO4. The van der Waals surface area contributed by atoms with Crippen molar-refractivity contribution < 1.29 is 20.1 Å². The van der Waals surface area contributed by atoms with Crippen LogP contribution in [0, 0.1) is 0 Å². The number of rotatable bonds is 40. The van der Waals surface area contributed by atoms with Crippen LogP contribution < -0.4 is 5.32 Å². The number of nitrogens with one attached hydrogen (secondary N) is 1. The summed E-state index contributed by atoms with van der Waals surface area (Å²) in [5.74, 6) is -0.335. The van der Waals surface area contributed by atoms with Crippen LogP contribution in [0.4, 0.5) is 0 Å². The molecule has 5 nitrogen and oxygen atoms in total. The third kappa shape index (κ3) is 38.0. The van der Waals surface area contributed by atoms with Gasteiger partial charge in [-0.3, -0.25) is 4.79 Å². The molecule has 3 unspecified atom stereocenters. The van der Waals surface area contributed by atoms with E-state index in [1.807, 2.05) is 6.08 Å². The average Bonchev–Trinajstić information content (AvgIpc) is 3.14. The topological polar surface area (TPSA) is 89.8 Å². The van der Waals surface area contributed by atoms with Crippen LogP contribution in [0.1, 0.15) is 219 Å². The van der Waals surface area contributed by atoms with Gasteiger partial charge in [-0.1, -0.05) is 191 Å². The molecule has 3 atom stereocenters. The summed E-state index contributed by atoms with van der Waals surface area (Å²) < 4.78 is 0. The molecule has 0 aromatic heterocycles. The molecule has 52 heavy (non-hydrogen) atoms. The van der Waals surface area contributed by atoms with Crippen molar-refractivity contribution in [3.8, 4) is 0 Å². The minimum atomic E-state index is -0.962. The van der Waals surface area contributed by atoms with Gasteiger partial charge >= 0.3 is 0 Å². The maximum Gasteiger partial charge on any atom is 0.222 e. The summed E-state index contributed by atoms with van der Waals surface area (Å²) in [6.07, 6.45) is 53.9. The Bertz CT molecular complexity index is 850. The van der Waals surface area contributed by atoms with Crippen molar-refractivity contribution in [3.05, 3.63) is 48.6 Å². The first kappa shape index (κ1) is 50.3. The van der Waals surface area contributed by atoms with Gasteiger partial charge < -0.3 is 20.6 Å². The molecule has 0 heterocycles. The fourth-order valence-electron chi connectivity index (χ4n) is 6.60. The minimum absolute atomic E-state index is 0.00404. The summed E-state index contributed by atoms with van der Waals surface area (Å²) in [5.41, 5.74) is 0. The van der Waals surface area contributed by atoms with E-state index in [9.17, 15) is 20.1 Å². The highest BCUT2D eigenvalue weighted by molar-refractivity contribution is 5.76. The van der Waals surface area contributed by atoms with Crippen LogP contribution in [0.5, 0.6) is 0 Å². The van der Waals surface area contributed by atoms with Crippen LogP contribution in [-0.4, -0.2) is 46.1 Å². The van der Waals surface area contributed by atoms with E-state index >= 15 is 0 Å². The van der Waals surface area contributed by atoms with E-state index in [0.717, 1.165) is 51.4 Å². The third-order valence-electron chi connectivity index (χ3n) is 10.1. The number of unbranched alkanes of at least 4 members (excludes halogenated alkanes) is 25. The Hall–Kier alpha value is -1.69. The molecule has 0 aliphatic carbocycles. The summed E-state index contributed by atoms with van der Waals surface area (Å²) in [6, 6.07) is -0.770. The molecule has 0 fully saturated rings. The summed E-state index contributed by atoms with van der Waals surface area (Å²) in [5, 5.41) is 33.2.